The zero-order valence-corrected chi connectivity index (χ0v) is 19.4. The third-order valence-electron chi connectivity index (χ3n) is 5.96. The molecule has 0 spiro atoms. The highest BCUT2D eigenvalue weighted by atomic mass is 32.1. The van der Waals surface area contributed by atoms with Gasteiger partial charge in [0.15, 0.2) is 16.6 Å². The van der Waals surface area contributed by atoms with Crippen LogP contribution in [-0.4, -0.2) is 48.4 Å². The van der Waals surface area contributed by atoms with Crippen LogP contribution in [0.3, 0.4) is 0 Å². The van der Waals surface area contributed by atoms with Gasteiger partial charge in [0.1, 0.15) is 6.17 Å². The zero-order chi connectivity index (χ0) is 23.8. The van der Waals surface area contributed by atoms with E-state index in [0.717, 1.165) is 0 Å². The summed E-state index contributed by atoms with van der Waals surface area (Å²) in [5.41, 5.74) is 2.04. The van der Waals surface area contributed by atoms with Crippen LogP contribution in [-0.2, 0) is 4.79 Å². The molecule has 0 saturated heterocycles. The summed E-state index contributed by atoms with van der Waals surface area (Å²) in [4.78, 5) is 46.8. The molecule has 1 N–H and O–H groups in total. The van der Waals surface area contributed by atoms with E-state index in [1.54, 1.807) is 57.8 Å². The second kappa shape index (κ2) is 8.79. The Hall–Kier alpha value is -3.92. The number of rotatable bonds is 7. The fraction of sp³-hybridized carbons (Fsp3) is 0.250. The Balaban J connectivity index is 1.48. The second-order valence-corrected chi connectivity index (χ2v) is 8.71. The van der Waals surface area contributed by atoms with Crippen LogP contribution >= 0.6 is 11.3 Å². The van der Waals surface area contributed by atoms with E-state index in [1.165, 1.54) is 25.6 Å². The lowest BCUT2D eigenvalue weighted by Gasteiger charge is -2.40. The molecule has 3 heterocycles. The average molecular weight is 479 g/mol. The third-order valence-corrected chi connectivity index (χ3v) is 6.65. The second-order valence-electron chi connectivity index (χ2n) is 7.82. The van der Waals surface area contributed by atoms with Crippen molar-refractivity contribution in [3.05, 3.63) is 64.7 Å². The van der Waals surface area contributed by atoms with E-state index >= 15 is 0 Å². The highest BCUT2D eigenvalue weighted by Crippen LogP contribution is 2.49. The quantitative estimate of drug-likeness (QED) is 0.556. The minimum Gasteiger partial charge on any atom is -0.493 e. The van der Waals surface area contributed by atoms with Gasteiger partial charge in [-0.1, -0.05) is 18.2 Å². The van der Waals surface area contributed by atoms with Crippen molar-refractivity contribution >= 4 is 39.9 Å². The van der Waals surface area contributed by atoms with Crippen LogP contribution in [0.2, 0.25) is 0 Å². The van der Waals surface area contributed by atoms with Gasteiger partial charge in [-0.2, -0.15) is 0 Å². The molecule has 34 heavy (non-hydrogen) atoms. The lowest BCUT2D eigenvalue weighted by atomic mass is 10.0. The molecule has 10 heteroatoms. The summed E-state index contributed by atoms with van der Waals surface area (Å²) in [5, 5.41) is 5.07. The highest BCUT2D eigenvalue weighted by Gasteiger charge is 2.49. The Kier molecular flexibility index (Phi) is 5.66. The molecule has 174 valence electrons. The molecular weight excluding hydrogens is 456 g/mol. The third kappa shape index (κ3) is 3.47. The number of fused-ring (bicyclic) bond motifs is 5. The van der Waals surface area contributed by atoms with Crippen molar-refractivity contribution in [2.24, 2.45) is 0 Å². The molecule has 1 aromatic heterocycles. The number of thiazole rings is 1. The Labute approximate surface area is 199 Å². The number of benzene rings is 2. The predicted octanol–water partition coefficient (Wildman–Crippen LogP) is 3.69. The van der Waals surface area contributed by atoms with E-state index < -0.39 is 6.17 Å². The maximum Gasteiger partial charge on any atom is 0.264 e. The fourth-order valence-corrected chi connectivity index (χ4v) is 5.07. The van der Waals surface area contributed by atoms with Crippen LogP contribution in [0, 0.1) is 0 Å². The highest BCUT2D eigenvalue weighted by molar-refractivity contribution is 7.13. The first-order valence-electron chi connectivity index (χ1n) is 10.7. The van der Waals surface area contributed by atoms with Crippen LogP contribution in [0.15, 0.2) is 48.0 Å². The number of carbonyl (C=O) groups excluding carboxylic acids is 3. The Bertz CT molecular complexity index is 1280. The number of nitrogens with one attached hydrogen (secondary N) is 1. The lowest BCUT2D eigenvalue weighted by molar-refractivity contribution is -0.116. The van der Waals surface area contributed by atoms with Gasteiger partial charge in [-0.05, 0) is 24.6 Å². The van der Waals surface area contributed by atoms with E-state index in [2.05, 4.69) is 10.3 Å². The summed E-state index contributed by atoms with van der Waals surface area (Å²) in [6.45, 7) is 0.292. The molecule has 9 nitrogen and oxygen atoms in total. The molecule has 2 aliphatic rings. The van der Waals surface area contributed by atoms with Crippen LogP contribution in [0.1, 0.15) is 45.3 Å². The van der Waals surface area contributed by atoms with Gasteiger partial charge in [0.05, 0.1) is 31.0 Å². The molecule has 2 aromatic carbocycles. The van der Waals surface area contributed by atoms with Crippen LogP contribution in [0.4, 0.5) is 10.8 Å². The largest absolute Gasteiger partial charge is 0.493 e. The topological polar surface area (TPSA) is 101 Å². The molecule has 0 fully saturated rings. The standard InChI is InChI=1S/C24H22N4O5S/c1-32-17-10-9-15-19(20(17)33-2)23(31)28-16-7-4-3-6-14(16)22(30)27(21(15)28)12-5-8-18(29)26-24-25-11-13-34-24/h3-4,6-7,9-11,13,21H,5,8,12H2,1-2H3,(H,25,26,29)/t21-/m1/s1. The van der Waals surface area contributed by atoms with Gasteiger partial charge in [-0.25, -0.2) is 4.98 Å². The van der Waals surface area contributed by atoms with Gasteiger partial charge < -0.3 is 19.7 Å². The molecule has 0 bridgehead atoms. The van der Waals surface area contributed by atoms with Gasteiger partial charge in [-0.3, -0.25) is 19.3 Å². The van der Waals surface area contributed by atoms with E-state index in [1.807, 2.05) is 0 Å². The number of aromatic nitrogens is 1. The average Bonchev–Trinajstić information content (AvgIpc) is 3.46. The molecule has 3 amide bonds. The van der Waals surface area contributed by atoms with Crippen molar-refractivity contribution < 1.29 is 23.9 Å². The molecule has 0 aliphatic carbocycles. The number of amides is 3. The minimum absolute atomic E-state index is 0.175. The smallest absolute Gasteiger partial charge is 0.264 e. The Morgan fingerprint density at radius 1 is 1.12 bits per heavy atom. The van der Waals surface area contributed by atoms with E-state index in [9.17, 15) is 14.4 Å². The number of anilines is 2. The van der Waals surface area contributed by atoms with Crippen LogP contribution in [0.25, 0.3) is 0 Å². The molecule has 2 aliphatic heterocycles. The number of hydrogen-bond donors (Lipinski definition) is 1. The van der Waals surface area contributed by atoms with E-state index in [4.69, 9.17) is 9.47 Å². The molecule has 1 atom stereocenters. The summed E-state index contributed by atoms with van der Waals surface area (Å²) in [5.74, 6) is 0.160. The Morgan fingerprint density at radius 3 is 2.68 bits per heavy atom. The molecule has 5 rings (SSSR count). The lowest BCUT2D eigenvalue weighted by Crippen LogP contribution is -2.48. The van der Waals surface area contributed by atoms with Gasteiger partial charge in [-0.15, -0.1) is 11.3 Å². The number of carbonyl (C=O) groups is 3. The van der Waals surface area contributed by atoms with E-state index in [0.29, 0.717) is 52.0 Å². The van der Waals surface area contributed by atoms with Crippen molar-refractivity contribution in [1.29, 1.82) is 0 Å². The first-order chi connectivity index (χ1) is 16.5. The number of para-hydroxylation sites is 1. The van der Waals surface area contributed by atoms with Crippen molar-refractivity contribution in [2.75, 3.05) is 31.0 Å². The predicted molar refractivity (Wildman–Crippen MR) is 127 cm³/mol. The Morgan fingerprint density at radius 2 is 1.94 bits per heavy atom. The summed E-state index contributed by atoms with van der Waals surface area (Å²) in [7, 11) is 3.00. The molecule has 3 aromatic rings. The van der Waals surface area contributed by atoms with Crippen molar-refractivity contribution in [2.45, 2.75) is 19.0 Å². The maximum absolute atomic E-state index is 13.6. The summed E-state index contributed by atoms with van der Waals surface area (Å²) in [6, 6.07) is 10.6. The molecule has 0 radical (unpaired) electrons. The zero-order valence-electron chi connectivity index (χ0n) is 18.6. The monoisotopic (exact) mass is 478 g/mol. The molecular formula is C24H22N4O5S. The number of methoxy groups -OCH3 is 2. The van der Waals surface area contributed by atoms with Gasteiger partial charge in [0, 0.05) is 30.1 Å². The SMILES string of the molecule is COc1ccc2c(c1OC)C(=O)N1c3ccccc3C(=O)N(CCCC(=O)Nc3nccs3)[C@@H]21. The van der Waals surface area contributed by atoms with Crippen molar-refractivity contribution in [3.8, 4) is 11.5 Å². The minimum atomic E-state index is -0.633. The summed E-state index contributed by atoms with van der Waals surface area (Å²) in [6.07, 6.45) is 1.62. The molecule has 0 saturated carbocycles. The fourth-order valence-electron chi connectivity index (χ4n) is 4.53. The first-order valence-corrected chi connectivity index (χ1v) is 11.6. The van der Waals surface area contributed by atoms with Gasteiger partial charge >= 0.3 is 0 Å². The van der Waals surface area contributed by atoms with E-state index in [-0.39, 0.29) is 24.1 Å². The van der Waals surface area contributed by atoms with Crippen molar-refractivity contribution in [1.82, 2.24) is 9.88 Å². The maximum atomic E-state index is 13.6. The number of nitrogens with zero attached hydrogens (tertiary/aromatic N) is 3. The number of ether oxygens (including phenoxy) is 2. The summed E-state index contributed by atoms with van der Waals surface area (Å²) < 4.78 is 10.9. The van der Waals surface area contributed by atoms with Crippen LogP contribution in [0.5, 0.6) is 11.5 Å². The van der Waals surface area contributed by atoms with Gasteiger partial charge in [0.2, 0.25) is 5.91 Å². The molecule has 0 unspecified atom stereocenters. The number of hydrogen-bond acceptors (Lipinski definition) is 7. The first kappa shape index (κ1) is 21.9. The normalized spacial score (nSPS) is 16.1. The van der Waals surface area contributed by atoms with Gasteiger partial charge in [0.25, 0.3) is 11.8 Å². The van der Waals surface area contributed by atoms with Crippen LogP contribution < -0.4 is 19.7 Å². The van der Waals surface area contributed by atoms with Crippen molar-refractivity contribution in [3.63, 3.8) is 0 Å². The summed E-state index contributed by atoms with van der Waals surface area (Å²) >= 11 is 1.34.